The number of thioether (sulfide) groups is 1. The lowest BCUT2D eigenvalue weighted by atomic mass is 9.99. The van der Waals surface area contributed by atoms with Gasteiger partial charge in [0.15, 0.2) is 0 Å². The lowest BCUT2D eigenvalue weighted by Crippen LogP contribution is -2.54. The van der Waals surface area contributed by atoms with Crippen LogP contribution >= 0.6 is 35.7 Å². The molecule has 0 saturated carbocycles. The van der Waals surface area contributed by atoms with Crippen molar-refractivity contribution in [3.63, 3.8) is 0 Å². The van der Waals surface area contributed by atoms with E-state index in [-0.39, 0.29) is 17.4 Å². The van der Waals surface area contributed by atoms with Crippen molar-refractivity contribution >= 4 is 53.5 Å². The summed E-state index contributed by atoms with van der Waals surface area (Å²) in [5.74, 6) is -2.22. The van der Waals surface area contributed by atoms with Gasteiger partial charge in [-0.05, 0) is 11.3 Å². The van der Waals surface area contributed by atoms with Gasteiger partial charge in [-0.2, -0.15) is 0 Å². The number of hydrogen-bond donors (Lipinski definition) is 5. The van der Waals surface area contributed by atoms with Crippen LogP contribution in [0.15, 0.2) is 27.0 Å². The summed E-state index contributed by atoms with van der Waals surface area (Å²) in [4.78, 5) is 40.6. The molecule has 0 spiro atoms. The Morgan fingerprint density at radius 3 is 2.59 bits per heavy atom. The molecule has 0 bridgehead atoms. The topological polar surface area (TPSA) is 120 Å². The quantitative estimate of drug-likeness (QED) is 0.203. The van der Waals surface area contributed by atoms with Crippen molar-refractivity contribution < 1.29 is 19.5 Å². The Hall–Kier alpha value is -1.72. The summed E-state index contributed by atoms with van der Waals surface area (Å²) in [6, 6.07) is -1.97. The minimum absolute atomic E-state index is 0.187. The summed E-state index contributed by atoms with van der Waals surface area (Å²) >= 11 is 6.68. The Kier molecular flexibility index (Phi) is 10.3. The van der Waals surface area contributed by atoms with E-state index in [1.807, 2.05) is 12.3 Å². The van der Waals surface area contributed by atoms with Gasteiger partial charge in [-0.25, -0.2) is 9.78 Å². The Morgan fingerprint density at radius 2 is 2.11 bits per heavy atom. The Bertz CT molecular complexity index is 667. The number of likely N-dealkylation sites (N-methyl/N-ethyl adjacent to an activating group) is 1. The fraction of sp³-hybridized carbons (Fsp3) is 0.500. The molecular formula is C16H24N4O4S3. The fourth-order valence-corrected chi connectivity index (χ4v) is 3.96. The van der Waals surface area contributed by atoms with Gasteiger partial charge in [0.1, 0.15) is 22.1 Å². The number of carboxylic acid groups (broad SMARTS) is 1. The van der Waals surface area contributed by atoms with E-state index in [1.54, 1.807) is 20.2 Å². The van der Waals surface area contributed by atoms with Gasteiger partial charge >= 0.3 is 5.97 Å². The lowest BCUT2D eigenvalue weighted by Gasteiger charge is -2.24. The van der Waals surface area contributed by atoms with Crippen molar-refractivity contribution in [3.8, 4) is 0 Å². The second kappa shape index (κ2) is 11.9. The molecule has 0 fully saturated rings. The molecule has 0 aromatic carbocycles. The highest BCUT2D eigenvalue weighted by atomic mass is 32.2. The van der Waals surface area contributed by atoms with Crippen LogP contribution < -0.4 is 16.0 Å². The number of hydrogen-bond acceptors (Lipinski definition) is 8. The van der Waals surface area contributed by atoms with Gasteiger partial charge in [0.2, 0.25) is 5.91 Å². The van der Waals surface area contributed by atoms with Crippen molar-refractivity contribution in [1.82, 2.24) is 20.9 Å². The van der Waals surface area contributed by atoms with Crippen LogP contribution in [0.3, 0.4) is 0 Å². The molecule has 4 N–H and O–H groups in total. The largest absolute Gasteiger partial charge is 0.480 e. The van der Waals surface area contributed by atoms with Crippen LogP contribution in [0.5, 0.6) is 0 Å². The Labute approximate surface area is 172 Å². The van der Waals surface area contributed by atoms with E-state index in [2.05, 4.69) is 33.6 Å². The SMILES string of the molecule is CCC(C)C(NC(=O)[C@H](CSc1nccs1)NC(=O)/C(=C/S)NC)C(=O)O. The molecule has 2 unspecified atom stereocenters. The average Bonchev–Trinajstić information content (AvgIpc) is 3.16. The third kappa shape index (κ3) is 7.43. The molecule has 0 saturated heterocycles. The second-order valence-electron chi connectivity index (χ2n) is 5.64. The maximum absolute atomic E-state index is 12.7. The first-order valence-electron chi connectivity index (χ1n) is 8.22. The zero-order valence-electron chi connectivity index (χ0n) is 15.3. The average molecular weight is 433 g/mol. The smallest absolute Gasteiger partial charge is 0.326 e. The van der Waals surface area contributed by atoms with Crippen molar-refractivity contribution in [2.75, 3.05) is 12.8 Å². The Balaban J connectivity index is 2.91. The molecule has 0 radical (unpaired) electrons. The summed E-state index contributed by atoms with van der Waals surface area (Å²) < 4.78 is 0.748. The van der Waals surface area contributed by atoms with E-state index in [0.717, 1.165) is 4.34 Å². The summed E-state index contributed by atoms with van der Waals surface area (Å²) in [5, 5.41) is 20.3. The Morgan fingerprint density at radius 1 is 1.41 bits per heavy atom. The number of rotatable bonds is 11. The first kappa shape index (κ1) is 23.3. The molecule has 0 aliphatic carbocycles. The van der Waals surface area contributed by atoms with Gasteiger partial charge in [-0.3, -0.25) is 9.59 Å². The van der Waals surface area contributed by atoms with E-state index >= 15 is 0 Å². The van der Waals surface area contributed by atoms with Gasteiger partial charge in [-0.15, -0.1) is 24.0 Å². The molecule has 1 heterocycles. The summed E-state index contributed by atoms with van der Waals surface area (Å²) in [5.41, 5.74) is 0.187. The highest BCUT2D eigenvalue weighted by molar-refractivity contribution is 8.01. The molecule has 11 heteroatoms. The van der Waals surface area contributed by atoms with Crippen LogP contribution in [-0.2, 0) is 14.4 Å². The first-order chi connectivity index (χ1) is 12.8. The van der Waals surface area contributed by atoms with Crippen molar-refractivity contribution in [3.05, 3.63) is 22.7 Å². The maximum Gasteiger partial charge on any atom is 0.326 e. The van der Waals surface area contributed by atoms with Crippen LogP contribution in [0.4, 0.5) is 0 Å². The lowest BCUT2D eigenvalue weighted by molar-refractivity contribution is -0.143. The normalized spacial score (nSPS) is 14.7. The van der Waals surface area contributed by atoms with Crippen LogP contribution in [-0.4, -0.2) is 52.8 Å². The van der Waals surface area contributed by atoms with Crippen LogP contribution in [0.25, 0.3) is 0 Å². The molecule has 1 rings (SSSR count). The number of aromatic nitrogens is 1. The number of thiol groups is 1. The molecule has 8 nitrogen and oxygen atoms in total. The van der Waals surface area contributed by atoms with Gasteiger partial charge in [0, 0.05) is 24.4 Å². The highest BCUT2D eigenvalue weighted by Crippen LogP contribution is 2.21. The maximum atomic E-state index is 12.7. The predicted molar refractivity (Wildman–Crippen MR) is 110 cm³/mol. The van der Waals surface area contributed by atoms with E-state index in [1.165, 1.54) is 28.5 Å². The van der Waals surface area contributed by atoms with E-state index in [4.69, 9.17) is 0 Å². The fourth-order valence-electron chi connectivity index (χ4n) is 2.03. The van der Waals surface area contributed by atoms with E-state index < -0.39 is 29.9 Å². The highest BCUT2D eigenvalue weighted by Gasteiger charge is 2.30. The van der Waals surface area contributed by atoms with Crippen molar-refractivity contribution in [1.29, 1.82) is 0 Å². The molecule has 1 aromatic rings. The summed E-state index contributed by atoms with van der Waals surface area (Å²) in [6.45, 7) is 3.60. The predicted octanol–water partition coefficient (Wildman–Crippen LogP) is 1.33. The van der Waals surface area contributed by atoms with Gasteiger partial charge in [-0.1, -0.05) is 32.0 Å². The van der Waals surface area contributed by atoms with Crippen molar-refractivity contribution in [2.24, 2.45) is 5.92 Å². The molecule has 2 amide bonds. The number of carbonyl (C=O) groups is 3. The minimum Gasteiger partial charge on any atom is -0.480 e. The number of thiazole rings is 1. The van der Waals surface area contributed by atoms with E-state index in [9.17, 15) is 19.5 Å². The van der Waals surface area contributed by atoms with Gasteiger partial charge in [0.25, 0.3) is 5.91 Å². The second-order valence-corrected chi connectivity index (χ2v) is 8.06. The summed E-state index contributed by atoms with van der Waals surface area (Å²) in [7, 11) is 1.56. The zero-order chi connectivity index (χ0) is 20.4. The number of aliphatic carboxylic acids is 1. The molecule has 0 aliphatic heterocycles. The monoisotopic (exact) mass is 432 g/mol. The van der Waals surface area contributed by atoms with Gasteiger partial charge < -0.3 is 21.1 Å². The molecule has 3 atom stereocenters. The van der Waals surface area contributed by atoms with Crippen molar-refractivity contribution in [2.45, 2.75) is 36.7 Å². The number of carboxylic acids is 1. The third-order valence-electron chi connectivity index (χ3n) is 3.82. The molecule has 27 heavy (non-hydrogen) atoms. The first-order valence-corrected chi connectivity index (χ1v) is 10.6. The standard InChI is InChI=1S/C16H24N4O4S3/c1-4-9(2)12(15(23)24)20-14(22)11(8-27-16-18-5-6-26-16)19-13(21)10(7-25)17-3/h5-7,9,11-12,17,25H,4,8H2,1-3H3,(H,19,21)(H,20,22)(H,23,24)/b10-7-/t9?,11-,12?/m0/s1. The molecule has 150 valence electrons. The van der Waals surface area contributed by atoms with E-state index in [0.29, 0.717) is 6.42 Å². The minimum atomic E-state index is -1.11. The van der Waals surface area contributed by atoms with Gasteiger partial charge in [0.05, 0.1) is 0 Å². The number of amides is 2. The number of carbonyl (C=O) groups excluding carboxylic acids is 2. The van der Waals surface area contributed by atoms with Crippen LogP contribution in [0.2, 0.25) is 0 Å². The third-order valence-corrected chi connectivity index (χ3v) is 6.14. The molecule has 1 aromatic heterocycles. The van der Waals surface area contributed by atoms with Crippen LogP contribution in [0.1, 0.15) is 20.3 Å². The molecule has 0 aliphatic rings. The number of nitrogens with one attached hydrogen (secondary N) is 3. The zero-order valence-corrected chi connectivity index (χ0v) is 17.8. The molecular weight excluding hydrogens is 408 g/mol. The summed E-state index contributed by atoms with van der Waals surface area (Å²) in [6.07, 6.45) is 2.24. The number of nitrogens with zero attached hydrogens (tertiary/aromatic N) is 1. The van der Waals surface area contributed by atoms with Crippen LogP contribution in [0, 0.1) is 5.92 Å².